The van der Waals surface area contributed by atoms with Crippen molar-refractivity contribution in [3.63, 3.8) is 0 Å². The molecule has 7 nitrogen and oxygen atoms in total. The van der Waals surface area contributed by atoms with Gasteiger partial charge in [0.25, 0.3) is 0 Å². The molecule has 132 valence electrons. The number of anilines is 1. The average Bonchev–Trinajstić information content (AvgIpc) is 3.18. The zero-order chi connectivity index (χ0) is 18.3. The molecule has 1 amide bonds. The number of hydrogen-bond donors (Lipinski definition) is 1. The highest BCUT2D eigenvalue weighted by molar-refractivity contribution is 5.92. The molecule has 0 radical (unpaired) electrons. The fourth-order valence-corrected chi connectivity index (χ4v) is 3.26. The highest BCUT2D eigenvalue weighted by Crippen LogP contribution is 2.23. The van der Waals surface area contributed by atoms with E-state index in [2.05, 4.69) is 15.5 Å². The lowest BCUT2D eigenvalue weighted by Crippen LogP contribution is -2.14. The van der Waals surface area contributed by atoms with Crippen LogP contribution < -0.4 is 5.32 Å². The third-order valence-electron chi connectivity index (χ3n) is 4.60. The summed E-state index contributed by atoms with van der Waals surface area (Å²) in [4.78, 5) is 17.0. The fourth-order valence-electron chi connectivity index (χ4n) is 3.26. The summed E-state index contributed by atoms with van der Waals surface area (Å²) in [5, 5.41) is 12.7. The van der Waals surface area contributed by atoms with Crippen molar-refractivity contribution in [1.29, 1.82) is 0 Å². The highest BCUT2D eigenvalue weighted by Gasteiger charge is 2.15. The van der Waals surface area contributed by atoms with Crippen molar-refractivity contribution in [3.8, 4) is 0 Å². The van der Waals surface area contributed by atoms with E-state index in [-0.39, 0.29) is 5.91 Å². The normalized spacial score (nSPS) is 11.3. The van der Waals surface area contributed by atoms with Crippen LogP contribution in [-0.2, 0) is 18.3 Å². The van der Waals surface area contributed by atoms with E-state index in [1.165, 1.54) is 0 Å². The molecule has 0 aliphatic rings. The first-order valence-electron chi connectivity index (χ1n) is 8.56. The highest BCUT2D eigenvalue weighted by atomic mass is 16.1. The topological polar surface area (TPSA) is 77.1 Å². The van der Waals surface area contributed by atoms with Gasteiger partial charge in [-0.3, -0.25) is 9.48 Å². The number of aryl methyl sites for hydroxylation is 3. The van der Waals surface area contributed by atoms with Crippen LogP contribution in [-0.4, -0.2) is 30.3 Å². The Morgan fingerprint density at radius 2 is 1.96 bits per heavy atom. The molecule has 7 heteroatoms. The molecule has 0 bridgehead atoms. The van der Waals surface area contributed by atoms with Crippen molar-refractivity contribution >= 4 is 28.3 Å². The molecule has 4 rings (SSSR count). The third-order valence-corrected chi connectivity index (χ3v) is 4.60. The SMILES string of the molecule is Cc1nc2c3ccccc3nn2c(C)c1CCC(=O)Nc1ccn(C)n1. The van der Waals surface area contributed by atoms with Crippen LogP contribution in [0.25, 0.3) is 16.6 Å². The predicted molar refractivity (Wildman–Crippen MR) is 100 cm³/mol. The maximum Gasteiger partial charge on any atom is 0.225 e. The van der Waals surface area contributed by atoms with E-state index < -0.39 is 0 Å². The molecule has 26 heavy (non-hydrogen) atoms. The number of aromatic nitrogens is 5. The summed E-state index contributed by atoms with van der Waals surface area (Å²) in [7, 11) is 1.82. The maximum atomic E-state index is 12.2. The lowest BCUT2D eigenvalue weighted by Gasteiger charge is -2.11. The lowest BCUT2D eigenvalue weighted by molar-refractivity contribution is -0.116. The molecule has 0 spiro atoms. The summed E-state index contributed by atoms with van der Waals surface area (Å²) < 4.78 is 3.54. The molecule has 3 aromatic heterocycles. The van der Waals surface area contributed by atoms with Gasteiger partial charge in [0.2, 0.25) is 5.91 Å². The van der Waals surface area contributed by atoms with Crippen LogP contribution in [0.5, 0.6) is 0 Å². The second-order valence-electron chi connectivity index (χ2n) is 6.44. The summed E-state index contributed by atoms with van der Waals surface area (Å²) in [6.45, 7) is 4.01. The van der Waals surface area contributed by atoms with Gasteiger partial charge in [-0.25, -0.2) is 9.50 Å². The molecule has 0 saturated carbocycles. The number of carbonyl (C=O) groups excluding carboxylic acids is 1. The van der Waals surface area contributed by atoms with E-state index in [0.717, 1.165) is 33.5 Å². The van der Waals surface area contributed by atoms with E-state index in [1.54, 1.807) is 16.9 Å². The Labute approximate surface area is 150 Å². The Kier molecular flexibility index (Phi) is 3.91. The molecule has 0 saturated heterocycles. The summed E-state index contributed by atoms with van der Waals surface area (Å²) in [5.41, 5.74) is 4.80. The van der Waals surface area contributed by atoms with Gasteiger partial charge in [-0.1, -0.05) is 12.1 Å². The first kappa shape index (κ1) is 16.3. The molecule has 3 heterocycles. The number of nitrogens with zero attached hydrogens (tertiary/aromatic N) is 5. The van der Waals surface area contributed by atoms with Crippen molar-refractivity contribution in [2.24, 2.45) is 7.05 Å². The van der Waals surface area contributed by atoms with E-state index >= 15 is 0 Å². The predicted octanol–water partition coefficient (Wildman–Crippen LogP) is 2.80. The number of carbonyl (C=O) groups is 1. The van der Waals surface area contributed by atoms with Crippen LogP contribution >= 0.6 is 0 Å². The molecule has 0 atom stereocenters. The van der Waals surface area contributed by atoms with Gasteiger partial charge in [-0.2, -0.15) is 10.2 Å². The van der Waals surface area contributed by atoms with Crippen LogP contribution in [0.1, 0.15) is 23.4 Å². The van der Waals surface area contributed by atoms with Gasteiger partial charge in [0.1, 0.15) is 0 Å². The zero-order valence-electron chi connectivity index (χ0n) is 15.0. The Morgan fingerprint density at radius 1 is 1.15 bits per heavy atom. The number of hydrogen-bond acceptors (Lipinski definition) is 4. The minimum atomic E-state index is -0.0618. The zero-order valence-corrected chi connectivity index (χ0v) is 15.0. The monoisotopic (exact) mass is 348 g/mol. The second-order valence-corrected chi connectivity index (χ2v) is 6.44. The average molecular weight is 348 g/mol. The molecular formula is C19H20N6O. The largest absolute Gasteiger partial charge is 0.309 e. The van der Waals surface area contributed by atoms with Crippen LogP contribution in [0.2, 0.25) is 0 Å². The van der Waals surface area contributed by atoms with Gasteiger partial charge in [-0.05, 0) is 38.0 Å². The first-order valence-corrected chi connectivity index (χ1v) is 8.56. The number of benzene rings is 1. The number of rotatable bonds is 4. The maximum absolute atomic E-state index is 12.2. The van der Waals surface area contributed by atoms with Gasteiger partial charge in [0, 0.05) is 42.5 Å². The first-order chi connectivity index (χ1) is 12.5. The van der Waals surface area contributed by atoms with Crippen molar-refractivity contribution < 1.29 is 4.79 Å². The van der Waals surface area contributed by atoms with Crippen molar-refractivity contribution in [1.82, 2.24) is 24.4 Å². The Bertz CT molecular complexity index is 1120. The quantitative estimate of drug-likeness (QED) is 0.615. The molecule has 0 fully saturated rings. The lowest BCUT2D eigenvalue weighted by atomic mass is 10.1. The van der Waals surface area contributed by atoms with Crippen LogP contribution in [0, 0.1) is 13.8 Å². The molecular weight excluding hydrogens is 328 g/mol. The van der Waals surface area contributed by atoms with Crippen molar-refractivity contribution in [2.45, 2.75) is 26.7 Å². The number of fused-ring (bicyclic) bond motifs is 3. The molecule has 0 aliphatic heterocycles. The van der Waals surface area contributed by atoms with Crippen LogP contribution in [0.15, 0.2) is 36.5 Å². The van der Waals surface area contributed by atoms with Gasteiger partial charge >= 0.3 is 0 Å². The van der Waals surface area contributed by atoms with E-state index in [1.807, 2.05) is 49.7 Å². The smallest absolute Gasteiger partial charge is 0.225 e. The number of amides is 1. The van der Waals surface area contributed by atoms with Crippen LogP contribution in [0.4, 0.5) is 5.82 Å². The number of nitrogens with one attached hydrogen (secondary N) is 1. The van der Waals surface area contributed by atoms with E-state index in [4.69, 9.17) is 4.98 Å². The molecule has 4 aromatic rings. The fraction of sp³-hybridized carbons (Fsp3) is 0.263. The minimum absolute atomic E-state index is 0.0618. The third kappa shape index (κ3) is 2.81. The van der Waals surface area contributed by atoms with Gasteiger partial charge < -0.3 is 5.32 Å². The van der Waals surface area contributed by atoms with Gasteiger partial charge in [0.15, 0.2) is 11.5 Å². The molecule has 1 aromatic carbocycles. The summed E-state index contributed by atoms with van der Waals surface area (Å²) in [5.74, 6) is 0.506. The van der Waals surface area contributed by atoms with E-state index in [9.17, 15) is 4.79 Å². The minimum Gasteiger partial charge on any atom is -0.309 e. The summed E-state index contributed by atoms with van der Waals surface area (Å²) >= 11 is 0. The van der Waals surface area contributed by atoms with Crippen molar-refractivity contribution in [2.75, 3.05) is 5.32 Å². The standard InChI is InChI=1S/C19H20N6O/c1-12-14(8-9-18(26)21-17-10-11-24(3)23-17)13(2)25-19(20-12)15-6-4-5-7-16(15)22-25/h4-7,10-11H,8-9H2,1-3H3,(H,21,23,26). The Morgan fingerprint density at radius 3 is 2.73 bits per heavy atom. The van der Waals surface area contributed by atoms with Crippen molar-refractivity contribution in [3.05, 3.63) is 53.5 Å². The Balaban J connectivity index is 1.60. The molecule has 0 aliphatic carbocycles. The van der Waals surface area contributed by atoms with Crippen LogP contribution in [0.3, 0.4) is 0 Å². The Hall–Kier alpha value is -3.22. The van der Waals surface area contributed by atoms with Gasteiger partial charge in [-0.15, -0.1) is 0 Å². The summed E-state index contributed by atoms with van der Waals surface area (Å²) in [6, 6.07) is 9.76. The van der Waals surface area contributed by atoms with Gasteiger partial charge in [0.05, 0.1) is 5.52 Å². The molecule has 1 N–H and O–H groups in total. The summed E-state index contributed by atoms with van der Waals surface area (Å²) in [6.07, 6.45) is 2.77. The van der Waals surface area contributed by atoms with E-state index in [0.29, 0.717) is 18.7 Å². The molecule has 0 unspecified atom stereocenters. The second kappa shape index (κ2) is 6.25.